The summed E-state index contributed by atoms with van der Waals surface area (Å²) in [6.07, 6.45) is 5.48. The molecule has 1 aliphatic carbocycles. The van der Waals surface area contributed by atoms with Gasteiger partial charge >= 0.3 is 0 Å². The van der Waals surface area contributed by atoms with E-state index in [9.17, 15) is 9.59 Å². The van der Waals surface area contributed by atoms with E-state index in [-0.39, 0.29) is 23.7 Å². The number of carbonyl (C=O) groups excluding carboxylic acids is 2. The zero-order chi connectivity index (χ0) is 16.9. The number of amides is 2. The molecule has 24 heavy (non-hydrogen) atoms. The highest BCUT2D eigenvalue weighted by Crippen LogP contribution is 2.26. The van der Waals surface area contributed by atoms with Crippen molar-refractivity contribution in [1.29, 1.82) is 0 Å². The maximum atomic E-state index is 12.3. The van der Waals surface area contributed by atoms with E-state index < -0.39 is 0 Å². The third kappa shape index (κ3) is 4.15. The van der Waals surface area contributed by atoms with Gasteiger partial charge < -0.3 is 16.0 Å². The minimum Gasteiger partial charge on any atom is -0.326 e. The molecule has 1 aromatic carbocycles. The largest absolute Gasteiger partial charge is 0.326 e. The minimum absolute atomic E-state index is 0.00765. The average Bonchev–Trinajstić information content (AvgIpc) is 2.54. The molecule has 1 aliphatic heterocycles. The molecule has 0 radical (unpaired) electrons. The van der Waals surface area contributed by atoms with Crippen LogP contribution in [0.5, 0.6) is 0 Å². The van der Waals surface area contributed by atoms with Gasteiger partial charge in [-0.3, -0.25) is 9.59 Å². The first kappa shape index (κ1) is 17.0. The van der Waals surface area contributed by atoms with Gasteiger partial charge in [0.05, 0.1) is 0 Å². The summed E-state index contributed by atoms with van der Waals surface area (Å²) in [7, 11) is 0. The number of hydrogen-bond acceptors (Lipinski definition) is 3. The predicted octanol–water partition coefficient (Wildman–Crippen LogP) is 3.00. The molecular weight excluding hydrogens is 302 g/mol. The van der Waals surface area contributed by atoms with Crippen LogP contribution < -0.4 is 16.0 Å². The van der Waals surface area contributed by atoms with E-state index in [2.05, 4.69) is 16.0 Å². The van der Waals surface area contributed by atoms with Crippen LogP contribution >= 0.6 is 0 Å². The highest BCUT2D eigenvalue weighted by atomic mass is 16.2. The maximum absolute atomic E-state index is 12.3. The van der Waals surface area contributed by atoms with E-state index in [1.807, 2.05) is 31.2 Å². The number of benzene rings is 1. The molecule has 5 heteroatoms. The van der Waals surface area contributed by atoms with Gasteiger partial charge in [-0.05, 0) is 50.0 Å². The molecule has 130 valence electrons. The molecule has 1 heterocycles. The van der Waals surface area contributed by atoms with Crippen molar-refractivity contribution in [2.24, 2.45) is 17.8 Å². The molecule has 2 fully saturated rings. The normalized spacial score (nSPS) is 20.0. The summed E-state index contributed by atoms with van der Waals surface area (Å²) in [4.78, 5) is 24.6. The van der Waals surface area contributed by atoms with Gasteiger partial charge in [-0.25, -0.2) is 0 Å². The maximum Gasteiger partial charge on any atom is 0.227 e. The van der Waals surface area contributed by atoms with Crippen molar-refractivity contribution in [3.63, 3.8) is 0 Å². The molecule has 0 aromatic heterocycles. The summed E-state index contributed by atoms with van der Waals surface area (Å²) in [5, 5.41) is 9.16. The lowest BCUT2D eigenvalue weighted by molar-refractivity contribution is -0.121. The molecule has 0 bridgehead atoms. The second-order valence-electron chi connectivity index (χ2n) is 7.10. The zero-order valence-corrected chi connectivity index (χ0v) is 14.3. The SMILES string of the molecule is CC(C(=O)Nc1cccc(NC(=O)C2CCCCC2)c1)C1CNC1. The fraction of sp³-hybridized carbons (Fsp3) is 0.579. The lowest BCUT2D eigenvalue weighted by Crippen LogP contribution is -2.48. The fourth-order valence-corrected chi connectivity index (χ4v) is 3.42. The molecule has 1 saturated heterocycles. The lowest BCUT2D eigenvalue weighted by atomic mass is 9.88. The topological polar surface area (TPSA) is 70.2 Å². The molecule has 2 amide bonds. The fourth-order valence-electron chi connectivity index (χ4n) is 3.42. The van der Waals surface area contributed by atoms with Gasteiger partial charge in [0, 0.05) is 23.2 Å². The van der Waals surface area contributed by atoms with Gasteiger partial charge in [0.15, 0.2) is 0 Å². The second-order valence-corrected chi connectivity index (χ2v) is 7.10. The van der Waals surface area contributed by atoms with Crippen molar-refractivity contribution in [1.82, 2.24) is 5.32 Å². The van der Waals surface area contributed by atoms with Crippen LogP contribution in [0.25, 0.3) is 0 Å². The summed E-state index contributed by atoms with van der Waals surface area (Å²) < 4.78 is 0. The van der Waals surface area contributed by atoms with Crippen LogP contribution in [0.4, 0.5) is 11.4 Å². The standard InChI is InChI=1S/C19H27N3O2/c1-13(15-11-20-12-15)18(23)21-16-8-5-9-17(10-16)22-19(24)14-6-3-2-4-7-14/h5,8-10,13-15,20H,2-4,6-7,11-12H2,1H3,(H,21,23)(H,22,24). The monoisotopic (exact) mass is 329 g/mol. The third-order valence-electron chi connectivity index (χ3n) is 5.31. The van der Waals surface area contributed by atoms with E-state index in [0.717, 1.165) is 50.1 Å². The van der Waals surface area contributed by atoms with E-state index in [1.165, 1.54) is 6.42 Å². The first-order chi connectivity index (χ1) is 11.6. The summed E-state index contributed by atoms with van der Waals surface area (Å²) in [6.45, 7) is 3.79. The number of carbonyl (C=O) groups is 2. The molecule has 1 unspecified atom stereocenters. The Bertz CT molecular complexity index is 561. The van der Waals surface area contributed by atoms with Crippen LogP contribution in [0.3, 0.4) is 0 Å². The number of nitrogens with one attached hydrogen (secondary N) is 3. The van der Waals surface area contributed by atoms with Gasteiger partial charge in [-0.1, -0.05) is 32.3 Å². The van der Waals surface area contributed by atoms with E-state index in [0.29, 0.717) is 5.92 Å². The Balaban J connectivity index is 1.57. The molecule has 1 atom stereocenters. The lowest BCUT2D eigenvalue weighted by Gasteiger charge is -2.31. The van der Waals surface area contributed by atoms with Gasteiger partial charge in [0.1, 0.15) is 0 Å². The summed E-state index contributed by atoms with van der Waals surface area (Å²) in [5.74, 6) is 0.679. The van der Waals surface area contributed by atoms with Crippen LogP contribution in [0.15, 0.2) is 24.3 Å². The molecule has 1 aromatic rings. The second kappa shape index (κ2) is 7.79. The third-order valence-corrected chi connectivity index (χ3v) is 5.31. The van der Waals surface area contributed by atoms with Crippen LogP contribution in [0.2, 0.25) is 0 Å². The summed E-state index contributed by atoms with van der Waals surface area (Å²) in [5.41, 5.74) is 1.49. The first-order valence-electron chi connectivity index (χ1n) is 9.06. The molecule has 0 spiro atoms. The average molecular weight is 329 g/mol. The Hall–Kier alpha value is -1.88. The highest BCUT2D eigenvalue weighted by Gasteiger charge is 2.28. The Labute approximate surface area is 143 Å². The Morgan fingerprint density at radius 1 is 1.08 bits per heavy atom. The number of hydrogen-bond donors (Lipinski definition) is 3. The van der Waals surface area contributed by atoms with Gasteiger partial charge in [0.25, 0.3) is 0 Å². The first-order valence-corrected chi connectivity index (χ1v) is 9.06. The summed E-state index contributed by atoms with van der Waals surface area (Å²) in [6, 6.07) is 7.43. The van der Waals surface area contributed by atoms with E-state index >= 15 is 0 Å². The molecule has 3 rings (SSSR count). The number of rotatable bonds is 5. The molecule has 3 N–H and O–H groups in total. The molecular formula is C19H27N3O2. The van der Waals surface area contributed by atoms with Crippen molar-refractivity contribution in [3.8, 4) is 0 Å². The molecule has 2 aliphatic rings. The Morgan fingerprint density at radius 2 is 1.75 bits per heavy atom. The van der Waals surface area contributed by atoms with Crippen molar-refractivity contribution in [3.05, 3.63) is 24.3 Å². The van der Waals surface area contributed by atoms with Gasteiger partial charge in [-0.2, -0.15) is 0 Å². The molecule has 1 saturated carbocycles. The van der Waals surface area contributed by atoms with E-state index in [4.69, 9.17) is 0 Å². The highest BCUT2D eigenvalue weighted by molar-refractivity contribution is 5.95. The van der Waals surface area contributed by atoms with Gasteiger partial charge in [0.2, 0.25) is 11.8 Å². The smallest absolute Gasteiger partial charge is 0.227 e. The Kier molecular flexibility index (Phi) is 5.51. The van der Waals surface area contributed by atoms with Crippen LogP contribution in [-0.4, -0.2) is 24.9 Å². The van der Waals surface area contributed by atoms with E-state index in [1.54, 1.807) is 0 Å². The zero-order valence-electron chi connectivity index (χ0n) is 14.3. The van der Waals surface area contributed by atoms with Crippen LogP contribution in [-0.2, 0) is 9.59 Å². The van der Waals surface area contributed by atoms with Crippen molar-refractivity contribution in [2.75, 3.05) is 23.7 Å². The van der Waals surface area contributed by atoms with Crippen LogP contribution in [0, 0.1) is 17.8 Å². The van der Waals surface area contributed by atoms with Crippen molar-refractivity contribution >= 4 is 23.2 Å². The van der Waals surface area contributed by atoms with Gasteiger partial charge in [-0.15, -0.1) is 0 Å². The molecule has 5 nitrogen and oxygen atoms in total. The summed E-state index contributed by atoms with van der Waals surface area (Å²) >= 11 is 0. The van der Waals surface area contributed by atoms with Crippen molar-refractivity contribution in [2.45, 2.75) is 39.0 Å². The van der Waals surface area contributed by atoms with Crippen molar-refractivity contribution < 1.29 is 9.59 Å². The minimum atomic E-state index is -0.00765. The Morgan fingerprint density at radius 3 is 2.38 bits per heavy atom. The quantitative estimate of drug-likeness (QED) is 0.778. The predicted molar refractivity (Wildman–Crippen MR) is 95.8 cm³/mol. The number of anilines is 2. The van der Waals surface area contributed by atoms with Crippen LogP contribution in [0.1, 0.15) is 39.0 Å².